The van der Waals surface area contributed by atoms with E-state index < -0.39 is 10.0 Å². The first-order valence-corrected chi connectivity index (χ1v) is 10.4. The van der Waals surface area contributed by atoms with Crippen LogP contribution in [0, 0.1) is 18.8 Å². The van der Waals surface area contributed by atoms with Crippen LogP contribution in [-0.4, -0.2) is 25.8 Å². The largest absolute Gasteiger partial charge is 0.243 e. The van der Waals surface area contributed by atoms with Crippen LogP contribution >= 0.6 is 23.2 Å². The second-order valence-corrected chi connectivity index (χ2v) is 9.13. The van der Waals surface area contributed by atoms with Crippen LogP contribution in [0.3, 0.4) is 0 Å². The molecule has 1 fully saturated rings. The van der Waals surface area contributed by atoms with Crippen LogP contribution in [0.1, 0.15) is 24.8 Å². The molecule has 1 aromatic carbocycles. The number of benzene rings is 1. The molecule has 3 nitrogen and oxygen atoms in total. The van der Waals surface area contributed by atoms with Crippen molar-refractivity contribution in [3.63, 3.8) is 0 Å². The first-order valence-electron chi connectivity index (χ1n) is 8.18. The summed E-state index contributed by atoms with van der Waals surface area (Å²) in [7, 11) is -3.50. The van der Waals surface area contributed by atoms with E-state index in [1.807, 2.05) is 6.08 Å². The molecule has 0 saturated carbocycles. The third-order valence-electron chi connectivity index (χ3n) is 4.95. The predicted molar refractivity (Wildman–Crippen MR) is 98.9 cm³/mol. The molecule has 0 aromatic heterocycles. The fourth-order valence-corrected chi connectivity index (χ4v) is 5.79. The summed E-state index contributed by atoms with van der Waals surface area (Å²) in [6, 6.07) is 5.03. The molecule has 1 unspecified atom stereocenters. The normalized spacial score (nSPS) is 23.3. The number of piperidine rings is 1. The zero-order valence-corrected chi connectivity index (χ0v) is 15.9. The fraction of sp³-hybridized carbons (Fsp3) is 0.444. The molecule has 130 valence electrons. The lowest BCUT2D eigenvalue weighted by Gasteiger charge is -2.35. The average Bonchev–Trinajstić information content (AvgIpc) is 2.58. The van der Waals surface area contributed by atoms with E-state index in [-0.39, 0.29) is 5.92 Å². The monoisotopic (exact) mass is 385 g/mol. The fourth-order valence-electron chi connectivity index (χ4n) is 3.50. The van der Waals surface area contributed by atoms with Crippen LogP contribution in [0.5, 0.6) is 0 Å². The second kappa shape index (κ2) is 7.20. The number of halogens is 2. The minimum Gasteiger partial charge on any atom is -0.207 e. The number of sulfonamides is 1. The van der Waals surface area contributed by atoms with E-state index in [0.29, 0.717) is 34.5 Å². The van der Waals surface area contributed by atoms with Gasteiger partial charge in [0.1, 0.15) is 0 Å². The molecule has 0 bridgehead atoms. The molecule has 1 aliphatic carbocycles. The second-order valence-electron chi connectivity index (χ2n) is 6.38. The maximum absolute atomic E-state index is 12.9. The van der Waals surface area contributed by atoms with Crippen molar-refractivity contribution >= 4 is 33.2 Å². The molecule has 6 heteroatoms. The van der Waals surface area contributed by atoms with Gasteiger partial charge in [-0.3, -0.25) is 0 Å². The molecule has 0 radical (unpaired) electrons. The molecular weight excluding hydrogens is 365 g/mol. The molecule has 3 rings (SSSR count). The lowest BCUT2D eigenvalue weighted by Crippen LogP contribution is -2.40. The van der Waals surface area contributed by atoms with Gasteiger partial charge in [-0.2, -0.15) is 4.31 Å². The van der Waals surface area contributed by atoms with Crippen molar-refractivity contribution in [2.75, 3.05) is 13.1 Å². The van der Waals surface area contributed by atoms with Gasteiger partial charge in [-0.15, -0.1) is 0 Å². The Labute approximate surface area is 154 Å². The third-order valence-corrected chi connectivity index (χ3v) is 7.81. The van der Waals surface area contributed by atoms with Crippen LogP contribution in [0.25, 0.3) is 0 Å². The number of nitrogens with zero attached hydrogens (tertiary/aromatic N) is 1. The highest BCUT2D eigenvalue weighted by Gasteiger charge is 2.33. The molecule has 0 spiro atoms. The van der Waals surface area contributed by atoms with Gasteiger partial charge in [0, 0.05) is 29.1 Å². The molecular formula is C18H21Cl2NO2S. The topological polar surface area (TPSA) is 37.4 Å². The van der Waals surface area contributed by atoms with Gasteiger partial charge >= 0.3 is 0 Å². The quantitative estimate of drug-likeness (QED) is 0.704. The summed E-state index contributed by atoms with van der Waals surface area (Å²) in [5.41, 5.74) is 0.613. The summed E-state index contributed by atoms with van der Waals surface area (Å²) in [5, 5.41) is 1.37. The number of allylic oxidation sites excluding steroid dienone is 4. The Balaban J connectivity index is 1.74. The maximum Gasteiger partial charge on any atom is 0.243 e. The highest BCUT2D eigenvalue weighted by Crippen LogP contribution is 2.37. The Kier molecular flexibility index (Phi) is 5.40. The minimum atomic E-state index is -3.50. The molecule has 1 aromatic rings. The van der Waals surface area contributed by atoms with Crippen molar-refractivity contribution in [1.29, 1.82) is 0 Å². The minimum absolute atomic E-state index is 0.234. The van der Waals surface area contributed by atoms with E-state index in [0.717, 1.165) is 24.3 Å². The Morgan fingerprint density at radius 2 is 1.88 bits per heavy atom. The van der Waals surface area contributed by atoms with Gasteiger partial charge in [0.15, 0.2) is 0 Å². The first-order chi connectivity index (χ1) is 11.4. The highest BCUT2D eigenvalue weighted by atomic mass is 35.5. The maximum atomic E-state index is 12.9. The number of rotatable bonds is 3. The zero-order valence-electron chi connectivity index (χ0n) is 13.6. The van der Waals surface area contributed by atoms with E-state index in [2.05, 4.69) is 12.2 Å². The number of hydrogen-bond donors (Lipinski definition) is 0. The van der Waals surface area contributed by atoms with Gasteiger partial charge in [0.2, 0.25) is 10.0 Å². The predicted octanol–water partition coefficient (Wildman–Crippen LogP) is 4.75. The molecule has 0 N–H and O–H groups in total. The molecule has 1 aliphatic heterocycles. The molecule has 24 heavy (non-hydrogen) atoms. The number of hydrogen-bond acceptors (Lipinski definition) is 2. The molecule has 2 aliphatic rings. The van der Waals surface area contributed by atoms with Gasteiger partial charge in [0.25, 0.3) is 0 Å². The van der Waals surface area contributed by atoms with Gasteiger partial charge in [0.05, 0.1) is 4.90 Å². The summed E-state index contributed by atoms with van der Waals surface area (Å²) in [5.74, 6) is 0.635. The summed E-state index contributed by atoms with van der Waals surface area (Å²) < 4.78 is 27.4. The lowest BCUT2D eigenvalue weighted by molar-refractivity contribution is 0.248. The van der Waals surface area contributed by atoms with Crippen LogP contribution < -0.4 is 0 Å². The van der Waals surface area contributed by atoms with Crippen molar-refractivity contribution in [2.45, 2.75) is 31.1 Å². The van der Waals surface area contributed by atoms with Crippen LogP contribution in [-0.2, 0) is 10.0 Å². The Morgan fingerprint density at radius 3 is 2.54 bits per heavy atom. The lowest BCUT2D eigenvalue weighted by atomic mass is 9.82. The van der Waals surface area contributed by atoms with E-state index in [4.69, 9.17) is 23.2 Å². The summed E-state index contributed by atoms with van der Waals surface area (Å²) in [6.45, 7) is 2.79. The Hall–Kier alpha value is -0.810. The third kappa shape index (κ3) is 3.43. The molecule has 1 atom stereocenters. The molecule has 1 heterocycles. The highest BCUT2D eigenvalue weighted by molar-refractivity contribution is 7.89. The average molecular weight is 386 g/mol. The van der Waals surface area contributed by atoms with E-state index in [1.54, 1.807) is 29.4 Å². The Bertz CT molecular complexity index is 778. The van der Waals surface area contributed by atoms with Gasteiger partial charge in [-0.1, -0.05) is 47.5 Å². The summed E-state index contributed by atoms with van der Waals surface area (Å²) in [6.07, 6.45) is 8.87. The SMILES string of the molecule is Cc1c(Cl)cccc1S(=O)(=O)N1CCC(C2C=CCC=C2Cl)CC1. The van der Waals surface area contributed by atoms with Crippen molar-refractivity contribution in [2.24, 2.45) is 11.8 Å². The standard InChI is InChI=1S/C18H21Cl2NO2S/c1-13-16(19)7-4-8-18(13)24(22,23)21-11-9-14(10-12-21)15-5-2-3-6-17(15)20/h2,4-8,14-15H,3,9-12H2,1H3. The van der Waals surface area contributed by atoms with Crippen LogP contribution in [0.2, 0.25) is 5.02 Å². The van der Waals surface area contributed by atoms with Gasteiger partial charge < -0.3 is 0 Å². The first kappa shape index (κ1) is 18.0. The summed E-state index contributed by atoms with van der Waals surface area (Å²) >= 11 is 12.4. The van der Waals surface area contributed by atoms with Gasteiger partial charge in [-0.25, -0.2) is 8.42 Å². The van der Waals surface area contributed by atoms with Crippen molar-refractivity contribution < 1.29 is 8.42 Å². The van der Waals surface area contributed by atoms with E-state index >= 15 is 0 Å². The van der Waals surface area contributed by atoms with Crippen molar-refractivity contribution in [1.82, 2.24) is 4.31 Å². The van der Waals surface area contributed by atoms with Crippen molar-refractivity contribution in [3.05, 3.63) is 52.0 Å². The van der Waals surface area contributed by atoms with Gasteiger partial charge in [-0.05, 0) is 49.8 Å². The van der Waals surface area contributed by atoms with E-state index in [1.165, 1.54) is 0 Å². The molecule has 0 amide bonds. The van der Waals surface area contributed by atoms with Crippen molar-refractivity contribution in [3.8, 4) is 0 Å². The Morgan fingerprint density at radius 1 is 1.17 bits per heavy atom. The van der Waals surface area contributed by atoms with Crippen LogP contribution in [0.15, 0.2) is 46.4 Å². The molecule has 1 saturated heterocycles. The smallest absolute Gasteiger partial charge is 0.207 e. The van der Waals surface area contributed by atoms with E-state index in [9.17, 15) is 8.42 Å². The van der Waals surface area contributed by atoms with Crippen LogP contribution in [0.4, 0.5) is 0 Å². The zero-order chi connectivity index (χ0) is 17.3. The summed E-state index contributed by atoms with van der Waals surface area (Å²) in [4.78, 5) is 0.309.